The summed E-state index contributed by atoms with van der Waals surface area (Å²) < 4.78 is 3.17. The SMILES string of the molecule is C=CCn1cc(C(N)=O)c(N)n1.C=CCn1cc2c(n1)N=CCC2=O. The molecule has 0 saturated heterocycles. The molecule has 0 spiro atoms. The zero-order chi connectivity index (χ0) is 18.4. The largest absolute Gasteiger partial charge is 0.382 e. The van der Waals surface area contributed by atoms with E-state index in [0.29, 0.717) is 30.9 Å². The van der Waals surface area contributed by atoms with E-state index in [1.165, 1.54) is 10.9 Å². The number of primary amides is 1. The maximum atomic E-state index is 11.3. The van der Waals surface area contributed by atoms with Gasteiger partial charge in [0.05, 0.1) is 18.7 Å². The molecule has 0 aromatic carbocycles. The molecule has 0 saturated carbocycles. The number of Topliss-reactive ketones (excluding diaryl/α,β-unsaturated/α-hetero) is 1. The summed E-state index contributed by atoms with van der Waals surface area (Å²) in [6, 6.07) is 0. The van der Waals surface area contributed by atoms with Crippen molar-refractivity contribution < 1.29 is 9.59 Å². The predicted octanol–water partition coefficient (Wildman–Crippen LogP) is 1.11. The third-order valence-corrected chi connectivity index (χ3v) is 3.22. The van der Waals surface area contributed by atoms with Crippen LogP contribution in [0, 0.1) is 0 Å². The number of nitrogens with two attached hydrogens (primary N) is 2. The minimum Gasteiger partial charge on any atom is -0.382 e. The fourth-order valence-corrected chi connectivity index (χ4v) is 2.11. The first kappa shape index (κ1) is 17.9. The van der Waals surface area contributed by atoms with E-state index in [1.54, 1.807) is 29.2 Å². The summed E-state index contributed by atoms with van der Waals surface area (Å²) in [5.74, 6) is 0.200. The average molecular weight is 341 g/mol. The van der Waals surface area contributed by atoms with Crippen molar-refractivity contribution in [2.45, 2.75) is 19.5 Å². The molecule has 2 aromatic rings. The van der Waals surface area contributed by atoms with Gasteiger partial charge in [-0.3, -0.25) is 19.0 Å². The van der Waals surface area contributed by atoms with Crippen LogP contribution in [-0.2, 0) is 13.1 Å². The van der Waals surface area contributed by atoms with Gasteiger partial charge in [-0.2, -0.15) is 10.2 Å². The number of aromatic nitrogens is 4. The second-order valence-corrected chi connectivity index (χ2v) is 5.12. The van der Waals surface area contributed by atoms with Crippen LogP contribution in [0.25, 0.3) is 0 Å². The highest BCUT2D eigenvalue weighted by Gasteiger charge is 2.17. The van der Waals surface area contributed by atoms with Crippen molar-refractivity contribution in [1.29, 1.82) is 0 Å². The van der Waals surface area contributed by atoms with Crippen LogP contribution < -0.4 is 11.5 Å². The molecule has 3 rings (SSSR count). The van der Waals surface area contributed by atoms with Crippen LogP contribution >= 0.6 is 0 Å². The van der Waals surface area contributed by atoms with Gasteiger partial charge in [-0.05, 0) is 0 Å². The Morgan fingerprint density at radius 2 is 1.84 bits per heavy atom. The first-order valence-corrected chi connectivity index (χ1v) is 7.44. The van der Waals surface area contributed by atoms with Crippen molar-refractivity contribution in [3.8, 4) is 0 Å². The number of nitrogens with zero attached hydrogens (tertiary/aromatic N) is 5. The van der Waals surface area contributed by atoms with Gasteiger partial charge in [0.15, 0.2) is 17.4 Å². The number of carbonyl (C=O) groups is 2. The van der Waals surface area contributed by atoms with Crippen LogP contribution in [0.1, 0.15) is 27.1 Å². The molecule has 1 amide bonds. The van der Waals surface area contributed by atoms with Gasteiger partial charge in [0, 0.05) is 25.0 Å². The first-order valence-electron chi connectivity index (χ1n) is 7.44. The third kappa shape index (κ3) is 4.28. The molecule has 2 aromatic heterocycles. The predicted molar refractivity (Wildman–Crippen MR) is 94.9 cm³/mol. The fraction of sp³-hybridized carbons (Fsp3) is 0.188. The van der Waals surface area contributed by atoms with Crippen molar-refractivity contribution >= 4 is 29.5 Å². The minimum absolute atomic E-state index is 0.0836. The van der Waals surface area contributed by atoms with Crippen LogP contribution in [0.2, 0.25) is 0 Å². The number of carbonyl (C=O) groups excluding carboxylic acids is 2. The summed E-state index contributed by atoms with van der Waals surface area (Å²) in [6.07, 6.45) is 8.57. The Kier molecular flexibility index (Phi) is 5.62. The number of ketones is 1. The monoisotopic (exact) mass is 341 g/mol. The normalized spacial score (nSPS) is 12.1. The van der Waals surface area contributed by atoms with Gasteiger partial charge in [0.25, 0.3) is 5.91 Å². The topological polar surface area (TPSA) is 134 Å². The summed E-state index contributed by atoms with van der Waals surface area (Å²) in [7, 11) is 0. The Labute approximate surface area is 144 Å². The van der Waals surface area contributed by atoms with Crippen LogP contribution in [0.4, 0.5) is 11.6 Å². The van der Waals surface area contributed by atoms with Crippen molar-refractivity contribution in [2.24, 2.45) is 10.7 Å². The lowest BCUT2D eigenvalue weighted by molar-refractivity contribution is 0.0992. The number of amides is 1. The Morgan fingerprint density at radius 3 is 2.36 bits per heavy atom. The van der Waals surface area contributed by atoms with E-state index in [9.17, 15) is 9.59 Å². The number of allylic oxidation sites excluding steroid dienone is 2. The Balaban J connectivity index is 0.000000181. The number of aliphatic imine (C=N–C) groups is 1. The fourth-order valence-electron chi connectivity index (χ4n) is 2.11. The molecule has 3 heterocycles. The van der Waals surface area contributed by atoms with Crippen LogP contribution in [0.3, 0.4) is 0 Å². The highest BCUT2D eigenvalue weighted by Crippen LogP contribution is 2.21. The van der Waals surface area contributed by atoms with Crippen LogP contribution in [0.5, 0.6) is 0 Å². The van der Waals surface area contributed by atoms with Crippen molar-refractivity contribution in [3.05, 3.63) is 48.8 Å². The van der Waals surface area contributed by atoms with E-state index in [-0.39, 0.29) is 17.2 Å². The van der Waals surface area contributed by atoms with E-state index in [2.05, 4.69) is 28.3 Å². The summed E-state index contributed by atoms with van der Waals surface area (Å²) >= 11 is 0. The molecule has 0 fully saturated rings. The molecule has 130 valence electrons. The zero-order valence-corrected chi connectivity index (χ0v) is 13.6. The molecule has 0 unspecified atom stereocenters. The molecule has 0 atom stereocenters. The van der Waals surface area contributed by atoms with Crippen molar-refractivity contribution in [2.75, 3.05) is 5.73 Å². The summed E-state index contributed by atoms with van der Waals surface area (Å²) in [6.45, 7) is 8.24. The lowest BCUT2D eigenvalue weighted by atomic mass is 10.1. The van der Waals surface area contributed by atoms with E-state index >= 15 is 0 Å². The molecule has 9 nitrogen and oxygen atoms in total. The van der Waals surface area contributed by atoms with Gasteiger partial charge in [-0.1, -0.05) is 12.2 Å². The van der Waals surface area contributed by atoms with E-state index < -0.39 is 5.91 Å². The maximum Gasteiger partial charge on any atom is 0.254 e. The average Bonchev–Trinajstić information content (AvgIpc) is 3.13. The standard InChI is InChI=1S/C9H9N3O.C7H10N4O/c1-2-5-12-6-7-8(13)3-4-10-9(7)11-12;1-2-3-11-4-5(7(9)12)6(8)10-11/h2,4,6H,1,3,5H2;2,4H,1,3H2,(H2,8,10)(H2,9,12). The molecule has 4 N–H and O–H groups in total. The number of anilines is 1. The smallest absolute Gasteiger partial charge is 0.254 e. The molecule has 9 heteroatoms. The highest BCUT2D eigenvalue weighted by molar-refractivity contribution is 6.09. The second-order valence-electron chi connectivity index (χ2n) is 5.12. The van der Waals surface area contributed by atoms with Gasteiger partial charge in [-0.25, -0.2) is 4.99 Å². The van der Waals surface area contributed by atoms with Crippen LogP contribution in [-0.4, -0.2) is 37.5 Å². The Morgan fingerprint density at radius 1 is 1.20 bits per heavy atom. The van der Waals surface area contributed by atoms with Gasteiger partial charge in [0.2, 0.25) is 0 Å². The first-order chi connectivity index (χ1) is 12.0. The maximum absolute atomic E-state index is 11.3. The number of hydrogen-bond acceptors (Lipinski definition) is 6. The van der Waals surface area contributed by atoms with Crippen molar-refractivity contribution in [1.82, 2.24) is 19.6 Å². The summed E-state index contributed by atoms with van der Waals surface area (Å²) in [4.78, 5) is 26.1. The minimum atomic E-state index is -0.567. The van der Waals surface area contributed by atoms with Gasteiger partial charge in [0.1, 0.15) is 5.56 Å². The molecular weight excluding hydrogens is 322 g/mol. The highest BCUT2D eigenvalue weighted by atomic mass is 16.1. The lowest BCUT2D eigenvalue weighted by Gasteiger charge is -1.98. The zero-order valence-electron chi connectivity index (χ0n) is 13.6. The molecule has 0 aliphatic carbocycles. The Hall–Kier alpha value is -3.49. The van der Waals surface area contributed by atoms with Gasteiger partial charge in [-0.15, -0.1) is 13.2 Å². The van der Waals surface area contributed by atoms with E-state index in [0.717, 1.165) is 0 Å². The summed E-state index contributed by atoms with van der Waals surface area (Å²) in [5.41, 5.74) is 11.3. The number of hydrogen-bond donors (Lipinski definition) is 2. The lowest BCUT2D eigenvalue weighted by Crippen LogP contribution is -2.11. The van der Waals surface area contributed by atoms with Gasteiger partial charge >= 0.3 is 0 Å². The number of rotatable bonds is 5. The molecule has 0 radical (unpaired) electrons. The molecule has 1 aliphatic heterocycles. The van der Waals surface area contributed by atoms with Gasteiger partial charge < -0.3 is 11.5 Å². The molecule has 25 heavy (non-hydrogen) atoms. The Bertz CT molecular complexity index is 845. The second kappa shape index (κ2) is 7.86. The van der Waals surface area contributed by atoms with E-state index in [1.807, 2.05) is 0 Å². The van der Waals surface area contributed by atoms with E-state index in [4.69, 9.17) is 11.5 Å². The quantitative estimate of drug-likeness (QED) is 0.785. The van der Waals surface area contributed by atoms with Crippen LogP contribution in [0.15, 0.2) is 42.7 Å². The summed E-state index contributed by atoms with van der Waals surface area (Å²) in [5, 5.41) is 7.96. The molecular formula is C16H19N7O2. The number of nitrogen functional groups attached to an aromatic ring is 1. The third-order valence-electron chi connectivity index (χ3n) is 3.22. The number of fused-ring (bicyclic) bond motifs is 1. The molecule has 0 bridgehead atoms. The molecule has 1 aliphatic rings. The van der Waals surface area contributed by atoms with Crippen molar-refractivity contribution in [3.63, 3.8) is 0 Å².